The first kappa shape index (κ1) is 17.8. The molecule has 2 unspecified atom stereocenters. The second kappa shape index (κ2) is 7.79. The van der Waals surface area contributed by atoms with E-state index < -0.39 is 6.09 Å². The average molecular weight is 319 g/mol. The maximum absolute atomic E-state index is 11.1. The van der Waals surface area contributed by atoms with Crippen molar-refractivity contribution in [3.63, 3.8) is 0 Å². The minimum Gasteiger partial charge on any atom is -0.465 e. The van der Waals surface area contributed by atoms with Crippen LogP contribution in [-0.4, -0.2) is 47.2 Å². The lowest BCUT2D eigenvalue weighted by molar-refractivity contribution is 0.0784. The molecule has 0 aromatic heterocycles. The molecule has 1 aliphatic heterocycles. The van der Waals surface area contributed by atoms with Crippen LogP contribution in [0.15, 0.2) is 24.3 Å². The third kappa shape index (κ3) is 4.69. The van der Waals surface area contributed by atoms with Crippen molar-refractivity contribution in [2.24, 2.45) is 11.7 Å². The first-order chi connectivity index (χ1) is 10.9. The monoisotopic (exact) mass is 319 g/mol. The maximum Gasteiger partial charge on any atom is 0.407 e. The molecular formula is C18H29N3O2. The Kier molecular flexibility index (Phi) is 6.02. The molecule has 0 saturated carbocycles. The van der Waals surface area contributed by atoms with Crippen LogP contribution in [0.3, 0.4) is 0 Å². The normalized spacial score (nSPS) is 18.9. The average Bonchev–Trinajstić information content (AvgIpc) is 2.52. The molecule has 1 aromatic carbocycles. The van der Waals surface area contributed by atoms with Crippen LogP contribution in [0, 0.1) is 5.92 Å². The molecule has 0 bridgehead atoms. The topological polar surface area (TPSA) is 69.8 Å². The molecule has 1 aliphatic rings. The van der Waals surface area contributed by atoms with E-state index in [1.54, 1.807) is 0 Å². The second-order valence-electron chi connectivity index (χ2n) is 6.91. The van der Waals surface area contributed by atoms with Crippen LogP contribution in [0.5, 0.6) is 0 Å². The molecule has 128 valence electrons. The third-order valence-electron chi connectivity index (χ3n) is 4.57. The predicted octanol–water partition coefficient (Wildman–Crippen LogP) is 3.09. The molecule has 5 nitrogen and oxygen atoms in total. The van der Waals surface area contributed by atoms with E-state index in [1.807, 2.05) is 6.92 Å². The van der Waals surface area contributed by atoms with Gasteiger partial charge < -0.3 is 15.7 Å². The summed E-state index contributed by atoms with van der Waals surface area (Å²) in [5.41, 5.74) is 8.38. The van der Waals surface area contributed by atoms with Crippen LogP contribution in [-0.2, 0) is 0 Å². The Morgan fingerprint density at radius 3 is 2.04 bits per heavy atom. The number of piperazine rings is 1. The molecule has 1 aromatic rings. The van der Waals surface area contributed by atoms with Gasteiger partial charge in [-0.1, -0.05) is 38.1 Å². The fraction of sp³-hybridized carbons (Fsp3) is 0.611. The number of nitrogens with two attached hydrogens (primary N) is 1. The van der Waals surface area contributed by atoms with Crippen LogP contribution < -0.4 is 5.73 Å². The van der Waals surface area contributed by atoms with E-state index in [2.05, 4.69) is 43.0 Å². The smallest absolute Gasteiger partial charge is 0.407 e. The van der Waals surface area contributed by atoms with Crippen molar-refractivity contribution >= 4 is 6.09 Å². The Bertz CT molecular complexity index is 506. The Hall–Kier alpha value is -1.59. The quantitative estimate of drug-likeness (QED) is 0.875. The van der Waals surface area contributed by atoms with Crippen LogP contribution in [0.4, 0.5) is 4.79 Å². The Labute approximate surface area is 139 Å². The van der Waals surface area contributed by atoms with Gasteiger partial charge >= 0.3 is 6.09 Å². The molecule has 1 fully saturated rings. The van der Waals surface area contributed by atoms with Gasteiger partial charge in [0.25, 0.3) is 0 Å². The molecule has 5 heteroatoms. The molecule has 3 N–H and O–H groups in total. The molecule has 1 saturated heterocycles. The Balaban J connectivity index is 2.12. The molecule has 1 heterocycles. The number of benzene rings is 1. The van der Waals surface area contributed by atoms with E-state index in [0.717, 1.165) is 25.1 Å². The van der Waals surface area contributed by atoms with Gasteiger partial charge in [-0.05, 0) is 30.4 Å². The standard InChI is InChI=1S/C18H29N3O2/c1-13(2)12-17(16-6-4-15(5-7-16)14(3)19)20-8-10-21(11-9-20)18(22)23/h4-7,13-14,17H,8-12,19H2,1-3H3,(H,22,23). The first-order valence-corrected chi connectivity index (χ1v) is 8.46. The summed E-state index contributed by atoms with van der Waals surface area (Å²) in [6.45, 7) is 9.21. The van der Waals surface area contributed by atoms with Crippen molar-refractivity contribution in [2.45, 2.75) is 39.3 Å². The van der Waals surface area contributed by atoms with Crippen molar-refractivity contribution in [3.05, 3.63) is 35.4 Å². The highest BCUT2D eigenvalue weighted by Crippen LogP contribution is 2.29. The van der Waals surface area contributed by atoms with Crippen LogP contribution in [0.25, 0.3) is 0 Å². The van der Waals surface area contributed by atoms with Gasteiger partial charge in [-0.3, -0.25) is 4.90 Å². The minimum atomic E-state index is -0.814. The summed E-state index contributed by atoms with van der Waals surface area (Å²) in [6.07, 6.45) is 0.260. The number of hydrogen-bond acceptors (Lipinski definition) is 3. The lowest BCUT2D eigenvalue weighted by Crippen LogP contribution is -2.49. The third-order valence-corrected chi connectivity index (χ3v) is 4.57. The van der Waals surface area contributed by atoms with Gasteiger partial charge in [-0.15, -0.1) is 0 Å². The van der Waals surface area contributed by atoms with Gasteiger partial charge in [-0.25, -0.2) is 4.79 Å². The summed E-state index contributed by atoms with van der Waals surface area (Å²) in [4.78, 5) is 15.0. The molecule has 2 rings (SSSR count). The van der Waals surface area contributed by atoms with Gasteiger partial charge in [0.2, 0.25) is 0 Å². The zero-order chi connectivity index (χ0) is 17.0. The molecule has 0 spiro atoms. The van der Waals surface area contributed by atoms with Crippen molar-refractivity contribution in [1.29, 1.82) is 0 Å². The van der Waals surface area contributed by atoms with Crippen LogP contribution in [0.1, 0.15) is 50.4 Å². The minimum absolute atomic E-state index is 0.0479. The van der Waals surface area contributed by atoms with E-state index in [-0.39, 0.29) is 6.04 Å². The summed E-state index contributed by atoms with van der Waals surface area (Å²) < 4.78 is 0. The molecule has 23 heavy (non-hydrogen) atoms. The predicted molar refractivity (Wildman–Crippen MR) is 92.4 cm³/mol. The summed E-state index contributed by atoms with van der Waals surface area (Å²) in [5.74, 6) is 0.589. The summed E-state index contributed by atoms with van der Waals surface area (Å²) in [6, 6.07) is 8.96. The zero-order valence-corrected chi connectivity index (χ0v) is 14.4. The van der Waals surface area contributed by atoms with Crippen molar-refractivity contribution in [2.75, 3.05) is 26.2 Å². The highest BCUT2D eigenvalue weighted by atomic mass is 16.4. The highest BCUT2D eigenvalue weighted by molar-refractivity contribution is 5.65. The summed E-state index contributed by atoms with van der Waals surface area (Å²) in [5, 5.41) is 9.10. The molecule has 2 atom stereocenters. The molecule has 0 aliphatic carbocycles. The Morgan fingerprint density at radius 1 is 1.09 bits per heavy atom. The van der Waals surface area contributed by atoms with Gasteiger partial charge in [0, 0.05) is 38.3 Å². The van der Waals surface area contributed by atoms with E-state index in [0.29, 0.717) is 25.0 Å². The first-order valence-electron chi connectivity index (χ1n) is 8.46. The van der Waals surface area contributed by atoms with E-state index in [1.165, 1.54) is 10.5 Å². The number of carboxylic acid groups (broad SMARTS) is 1. The zero-order valence-electron chi connectivity index (χ0n) is 14.4. The van der Waals surface area contributed by atoms with E-state index in [9.17, 15) is 4.79 Å². The largest absolute Gasteiger partial charge is 0.465 e. The van der Waals surface area contributed by atoms with E-state index in [4.69, 9.17) is 10.8 Å². The second-order valence-corrected chi connectivity index (χ2v) is 6.91. The van der Waals surface area contributed by atoms with Crippen molar-refractivity contribution in [1.82, 2.24) is 9.80 Å². The SMILES string of the molecule is CC(C)CC(c1ccc(C(C)N)cc1)N1CCN(C(=O)O)CC1. The fourth-order valence-electron chi connectivity index (χ4n) is 3.19. The summed E-state index contributed by atoms with van der Waals surface area (Å²) in [7, 11) is 0. The maximum atomic E-state index is 11.1. The van der Waals surface area contributed by atoms with Gasteiger partial charge in [0.1, 0.15) is 0 Å². The molecule has 0 radical (unpaired) electrons. The molecule has 1 amide bonds. The number of amides is 1. The lowest BCUT2D eigenvalue weighted by Gasteiger charge is -2.39. The number of rotatable bonds is 5. The summed E-state index contributed by atoms with van der Waals surface area (Å²) >= 11 is 0. The van der Waals surface area contributed by atoms with Crippen molar-refractivity contribution in [3.8, 4) is 0 Å². The number of nitrogens with zero attached hydrogens (tertiary/aromatic N) is 2. The molecular weight excluding hydrogens is 290 g/mol. The van der Waals surface area contributed by atoms with Gasteiger partial charge in [0.15, 0.2) is 0 Å². The Morgan fingerprint density at radius 2 is 1.61 bits per heavy atom. The van der Waals surface area contributed by atoms with Crippen molar-refractivity contribution < 1.29 is 9.90 Å². The van der Waals surface area contributed by atoms with Crippen LogP contribution >= 0.6 is 0 Å². The van der Waals surface area contributed by atoms with E-state index >= 15 is 0 Å². The van der Waals surface area contributed by atoms with Gasteiger partial charge in [0.05, 0.1) is 0 Å². The van der Waals surface area contributed by atoms with Gasteiger partial charge in [-0.2, -0.15) is 0 Å². The lowest BCUT2D eigenvalue weighted by atomic mass is 9.93. The number of carbonyl (C=O) groups is 1. The highest BCUT2D eigenvalue weighted by Gasteiger charge is 2.27. The number of hydrogen-bond donors (Lipinski definition) is 2. The van der Waals surface area contributed by atoms with Crippen LogP contribution in [0.2, 0.25) is 0 Å². The fourth-order valence-corrected chi connectivity index (χ4v) is 3.19.